The largest absolute Gasteiger partial charge is 0.488 e. The van der Waals surface area contributed by atoms with Gasteiger partial charge >= 0.3 is 0 Å². The second kappa shape index (κ2) is 8.54. The van der Waals surface area contributed by atoms with E-state index in [1.807, 2.05) is 62.4 Å². The molecule has 0 fully saturated rings. The second-order valence-electron chi connectivity index (χ2n) is 6.57. The van der Waals surface area contributed by atoms with E-state index in [0.29, 0.717) is 17.9 Å². The van der Waals surface area contributed by atoms with Crippen LogP contribution in [0.5, 0.6) is 5.75 Å². The van der Waals surface area contributed by atoms with Crippen LogP contribution < -0.4 is 10.1 Å². The Kier molecular flexibility index (Phi) is 5.91. The highest BCUT2D eigenvalue weighted by atomic mass is 16.5. The maximum atomic E-state index is 12.5. The minimum Gasteiger partial charge on any atom is -0.488 e. The van der Waals surface area contributed by atoms with Crippen LogP contribution in [0.4, 0.5) is 0 Å². The van der Waals surface area contributed by atoms with Crippen LogP contribution in [0.3, 0.4) is 0 Å². The van der Waals surface area contributed by atoms with Crippen LogP contribution in [0.1, 0.15) is 38.5 Å². The number of para-hydroxylation sites is 1. The summed E-state index contributed by atoms with van der Waals surface area (Å²) < 4.78 is 11.2. The third kappa shape index (κ3) is 4.56. The van der Waals surface area contributed by atoms with Gasteiger partial charge in [0.2, 0.25) is 0 Å². The number of aryl methyl sites for hydroxylation is 3. The van der Waals surface area contributed by atoms with Crippen molar-refractivity contribution in [1.29, 1.82) is 0 Å². The summed E-state index contributed by atoms with van der Waals surface area (Å²) in [5.41, 5.74) is 4.24. The summed E-state index contributed by atoms with van der Waals surface area (Å²) in [4.78, 5) is 12.5. The zero-order valence-corrected chi connectivity index (χ0v) is 15.9. The van der Waals surface area contributed by atoms with Crippen molar-refractivity contribution in [3.05, 3.63) is 82.2 Å². The van der Waals surface area contributed by atoms with Crippen molar-refractivity contribution in [1.82, 2.24) is 10.5 Å². The maximum Gasteiger partial charge on any atom is 0.273 e. The average molecular weight is 364 g/mol. The minimum absolute atomic E-state index is 0.239. The number of amides is 1. The lowest BCUT2D eigenvalue weighted by molar-refractivity contribution is 0.0943. The Morgan fingerprint density at radius 1 is 1.04 bits per heavy atom. The lowest BCUT2D eigenvalue weighted by Gasteiger charge is -2.12. The summed E-state index contributed by atoms with van der Waals surface area (Å²) in [6.45, 7) is 6.56. The molecule has 1 heterocycles. The van der Waals surface area contributed by atoms with Crippen molar-refractivity contribution in [3.63, 3.8) is 0 Å². The van der Waals surface area contributed by atoms with E-state index in [-0.39, 0.29) is 18.2 Å². The van der Waals surface area contributed by atoms with Gasteiger partial charge in [-0.2, -0.15) is 0 Å². The van der Waals surface area contributed by atoms with Crippen molar-refractivity contribution in [2.24, 2.45) is 0 Å². The van der Waals surface area contributed by atoms with E-state index in [2.05, 4.69) is 10.5 Å². The van der Waals surface area contributed by atoms with Crippen LogP contribution in [0, 0.1) is 20.8 Å². The molecule has 0 saturated heterocycles. The van der Waals surface area contributed by atoms with Gasteiger partial charge in [0.05, 0.1) is 5.56 Å². The monoisotopic (exact) mass is 364 g/mol. The average Bonchev–Trinajstić information content (AvgIpc) is 3.03. The molecule has 5 heteroatoms. The highest BCUT2D eigenvalue weighted by Crippen LogP contribution is 2.25. The molecular formula is C22H24N2O3. The molecular weight excluding hydrogens is 340 g/mol. The normalized spacial score (nSPS) is 10.6. The van der Waals surface area contributed by atoms with Crippen LogP contribution in [0.2, 0.25) is 0 Å². The fraction of sp³-hybridized carbons (Fsp3) is 0.273. The highest BCUT2D eigenvalue weighted by molar-refractivity contribution is 5.93. The zero-order valence-electron chi connectivity index (χ0n) is 15.9. The summed E-state index contributed by atoms with van der Waals surface area (Å²) in [5.74, 6) is 1.17. The SMILES string of the molecule is Cc1cccc(C)c1OCc1c(C(=O)NCCc2ccccc2)noc1C. The van der Waals surface area contributed by atoms with Crippen molar-refractivity contribution >= 4 is 5.91 Å². The second-order valence-corrected chi connectivity index (χ2v) is 6.57. The van der Waals surface area contributed by atoms with Crippen molar-refractivity contribution in [2.75, 3.05) is 6.54 Å². The molecule has 1 aromatic heterocycles. The molecule has 27 heavy (non-hydrogen) atoms. The standard InChI is InChI=1S/C22H24N2O3/c1-15-8-7-9-16(2)21(15)26-14-19-17(3)27-24-20(19)22(25)23-13-12-18-10-5-4-6-11-18/h4-11H,12-14H2,1-3H3,(H,23,25). The third-order valence-electron chi connectivity index (χ3n) is 4.51. The summed E-state index contributed by atoms with van der Waals surface area (Å²) in [5, 5.41) is 6.84. The number of carbonyl (C=O) groups excluding carboxylic acids is 1. The zero-order chi connectivity index (χ0) is 19.2. The molecule has 140 valence electrons. The number of nitrogens with zero attached hydrogens (tertiary/aromatic N) is 1. The van der Waals surface area contributed by atoms with Gasteiger partial charge in [0.25, 0.3) is 5.91 Å². The van der Waals surface area contributed by atoms with Gasteiger partial charge in [-0.15, -0.1) is 0 Å². The third-order valence-corrected chi connectivity index (χ3v) is 4.51. The van der Waals surface area contributed by atoms with Crippen molar-refractivity contribution < 1.29 is 14.1 Å². The molecule has 0 unspecified atom stereocenters. The summed E-state index contributed by atoms with van der Waals surface area (Å²) in [6.07, 6.45) is 0.762. The van der Waals surface area contributed by atoms with Gasteiger partial charge in [-0.3, -0.25) is 4.79 Å². The number of nitrogens with one attached hydrogen (secondary N) is 1. The van der Waals surface area contributed by atoms with Gasteiger partial charge < -0.3 is 14.6 Å². The Balaban J connectivity index is 1.64. The van der Waals surface area contributed by atoms with Gasteiger partial charge in [0.1, 0.15) is 18.1 Å². The Morgan fingerprint density at radius 3 is 2.44 bits per heavy atom. The van der Waals surface area contributed by atoms with Crippen molar-refractivity contribution in [3.8, 4) is 5.75 Å². The molecule has 0 spiro atoms. The van der Waals surface area contributed by atoms with Crippen LogP contribution in [-0.4, -0.2) is 17.6 Å². The number of ether oxygens (including phenoxy) is 1. The Hall–Kier alpha value is -3.08. The number of hydrogen-bond donors (Lipinski definition) is 1. The topological polar surface area (TPSA) is 64.4 Å². The van der Waals surface area contributed by atoms with Gasteiger partial charge in [-0.25, -0.2) is 0 Å². The van der Waals surface area contributed by atoms with Gasteiger partial charge in [-0.1, -0.05) is 53.7 Å². The summed E-state index contributed by atoms with van der Waals surface area (Å²) in [6, 6.07) is 16.0. The quantitative estimate of drug-likeness (QED) is 0.684. The minimum atomic E-state index is -0.247. The molecule has 1 amide bonds. The van der Waals surface area contributed by atoms with E-state index < -0.39 is 0 Å². The molecule has 3 aromatic rings. The first-order chi connectivity index (χ1) is 13.1. The number of rotatable bonds is 7. The number of benzene rings is 2. The highest BCUT2D eigenvalue weighted by Gasteiger charge is 2.20. The predicted octanol–water partition coefficient (Wildman–Crippen LogP) is 4.15. The Morgan fingerprint density at radius 2 is 1.74 bits per heavy atom. The Labute approximate surface area is 159 Å². The fourth-order valence-corrected chi connectivity index (χ4v) is 2.96. The molecule has 0 bridgehead atoms. The molecule has 0 atom stereocenters. The lowest BCUT2D eigenvalue weighted by Crippen LogP contribution is -2.27. The van der Waals surface area contributed by atoms with E-state index in [1.54, 1.807) is 6.92 Å². The van der Waals surface area contributed by atoms with Crippen LogP contribution in [0.25, 0.3) is 0 Å². The predicted molar refractivity (Wildman–Crippen MR) is 104 cm³/mol. The number of hydrogen-bond acceptors (Lipinski definition) is 4. The Bertz CT molecular complexity index is 896. The molecule has 0 saturated carbocycles. The van der Waals surface area contributed by atoms with Gasteiger partial charge in [0.15, 0.2) is 5.69 Å². The van der Waals surface area contributed by atoms with E-state index in [9.17, 15) is 4.79 Å². The van der Waals surface area contributed by atoms with Gasteiger partial charge in [-0.05, 0) is 43.9 Å². The van der Waals surface area contributed by atoms with E-state index in [4.69, 9.17) is 9.26 Å². The van der Waals surface area contributed by atoms with Crippen LogP contribution in [-0.2, 0) is 13.0 Å². The van der Waals surface area contributed by atoms with E-state index in [1.165, 1.54) is 5.56 Å². The van der Waals surface area contributed by atoms with Crippen molar-refractivity contribution in [2.45, 2.75) is 33.8 Å². The molecule has 3 rings (SSSR count). The number of aromatic nitrogens is 1. The first-order valence-corrected chi connectivity index (χ1v) is 9.02. The van der Waals surface area contributed by atoms with E-state index >= 15 is 0 Å². The number of carbonyl (C=O) groups is 1. The molecule has 0 aliphatic carbocycles. The first kappa shape index (κ1) is 18.7. The van der Waals surface area contributed by atoms with Gasteiger partial charge in [0, 0.05) is 6.54 Å². The smallest absolute Gasteiger partial charge is 0.273 e. The molecule has 0 aliphatic rings. The maximum absolute atomic E-state index is 12.5. The summed E-state index contributed by atoms with van der Waals surface area (Å²) >= 11 is 0. The van der Waals surface area contributed by atoms with E-state index in [0.717, 1.165) is 23.3 Å². The molecule has 2 aromatic carbocycles. The van der Waals surface area contributed by atoms with Crippen LogP contribution in [0.15, 0.2) is 53.1 Å². The van der Waals surface area contributed by atoms with Crippen LogP contribution >= 0.6 is 0 Å². The molecule has 0 radical (unpaired) electrons. The molecule has 5 nitrogen and oxygen atoms in total. The molecule has 0 aliphatic heterocycles. The first-order valence-electron chi connectivity index (χ1n) is 9.02. The molecule has 1 N–H and O–H groups in total. The summed E-state index contributed by atoms with van der Waals surface area (Å²) in [7, 11) is 0. The lowest BCUT2D eigenvalue weighted by atomic mass is 10.1. The fourth-order valence-electron chi connectivity index (χ4n) is 2.96.